The molecule has 0 aliphatic heterocycles. The zero-order chi connectivity index (χ0) is 14.2. The first kappa shape index (κ1) is 13.7. The van der Waals surface area contributed by atoms with E-state index >= 15 is 0 Å². The molecular formula is C15H18F2N2. The van der Waals surface area contributed by atoms with E-state index in [1.165, 1.54) is 6.07 Å². The molecule has 0 aliphatic rings. The Morgan fingerprint density at radius 3 is 2.42 bits per heavy atom. The van der Waals surface area contributed by atoms with E-state index in [0.717, 1.165) is 11.6 Å². The molecule has 0 saturated heterocycles. The van der Waals surface area contributed by atoms with Gasteiger partial charge in [0, 0.05) is 23.6 Å². The van der Waals surface area contributed by atoms with Crippen molar-refractivity contribution in [2.45, 2.75) is 33.1 Å². The first-order valence-electron chi connectivity index (χ1n) is 6.37. The molecule has 0 bridgehead atoms. The van der Waals surface area contributed by atoms with Gasteiger partial charge in [0.25, 0.3) is 0 Å². The zero-order valence-electron chi connectivity index (χ0n) is 11.6. The lowest BCUT2D eigenvalue weighted by molar-refractivity contribution is 0.583. The Kier molecular flexibility index (Phi) is 3.43. The molecule has 0 fully saturated rings. The van der Waals surface area contributed by atoms with Crippen LogP contribution < -0.4 is 5.32 Å². The fraction of sp³-hybridized carbons (Fsp3) is 0.400. The van der Waals surface area contributed by atoms with Crippen molar-refractivity contribution in [2.24, 2.45) is 0 Å². The van der Waals surface area contributed by atoms with Gasteiger partial charge >= 0.3 is 0 Å². The van der Waals surface area contributed by atoms with Gasteiger partial charge in [-0.05, 0) is 24.5 Å². The molecule has 0 amide bonds. The van der Waals surface area contributed by atoms with Crippen molar-refractivity contribution in [2.75, 3.05) is 11.9 Å². The number of nitrogens with one attached hydrogen (secondary N) is 1. The average Bonchev–Trinajstić information content (AvgIpc) is 2.28. The molecule has 2 aromatic rings. The van der Waals surface area contributed by atoms with Crippen LogP contribution in [0.25, 0.3) is 10.9 Å². The smallest absolute Gasteiger partial charge is 0.152 e. The van der Waals surface area contributed by atoms with Crippen LogP contribution >= 0.6 is 0 Å². The van der Waals surface area contributed by atoms with Crippen molar-refractivity contribution < 1.29 is 8.78 Å². The number of rotatable bonds is 2. The van der Waals surface area contributed by atoms with Crippen LogP contribution in [0.2, 0.25) is 0 Å². The van der Waals surface area contributed by atoms with E-state index < -0.39 is 11.6 Å². The Morgan fingerprint density at radius 2 is 1.84 bits per heavy atom. The minimum atomic E-state index is -0.630. The predicted molar refractivity (Wildman–Crippen MR) is 74.5 cm³/mol. The molecule has 0 saturated carbocycles. The fourth-order valence-electron chi connectivity index (χ4n) is 2.08. The van der Waals surface area contributed by atoms with E-state index in [1.807, 2.05) is 33.8 Å². The van der Waals surface area contributed by atoms with Gasteiger partial charge in [0.1, 0.15) is 17.2 Å². The third-order valence-corrected chi connectivity index (χ3v) is 2.99. The molecule has 0 atom stereocenters. The molecule has 2 nitrogen and oxygen atoms in total. The molecule has 4 heteroatoms. The van der Waals surface area contributed by atoms with Crippen LogP contribution in [0.1, 0.15) is 33.3 Å². The maximum atomic E-state index is 13.8. The average molecular weight is 264 g/mol. The van der Waals surface area contributed by atoms with E-state index in [2.05, 4.69) is 10.3 Å². The summed E-state index contributed by atoms with van der Waals surface area (Å²) in [5.41, 5.74) is 0.999. The summed E-state index contributed by atoms with van der Waals surface area (Å²) in [6.07, 6.45) is 0. The van der Waals surface area contributed by atoms with Crippen LogP contribution in [0.15, 0.2) is 18.2 Å². The van der Waals surface area contributed by atoms with Crippen LogP contribution in [0.3, 0.4) is 0 Å². The second-order valence-electron chi connectivity index (χ2n) is 5.62. The maximum Gasteiger partial charge on any atom is 0.152 e. The van der Waals surface area contributed by atoms with Crippen molar-refractivity contribution in [1.82, 2.24) is 4.98 Å². The number of hydrogen-bond donors (Lipinski definition) is 1. The summed E-state index contributed by atoms with van der Waals surface area (Å²) in [6.45, 7) is 8.80. The molecule has 0 radical (unpaired) electrons. The molecule has 102 valence electrons. The summed E-state index contributed by atoms with van der Waals surface area (Å²) in [7, 11) is 0. The Balaban J connectivity index is 2.76. The largest absolute Gasteiger partial charge is 0.370 e. The Morgan fingerprint density at radius 1 is 1.16 bits per heavy atom. The van der Waals surface area contributed by atoms with E-state index in [0.29, 0.717) is 17.7 Å². The Bertz CT molecular complexity index is 616. The van der Waals surface area contributed by atoms with Crippen LogP contribution in [-0.4, -0.2) is 11.5 Å². The molecule has 0 unspecified atom stereocenters. The summed E-state index contributed by atoms with van der Waals surface area (Å²) in [6, 6.07) is 3.99. The van der Waals surface area contributed by atoms with Gasteiger partial charge in [-0.1, -0.05) is 20.8 Å². The Labute approximate surface area is 111 Å². The van der Waals surface area contributed by atoms with Crippen molar-refractivity contribution in [1.29, 1.82) is 0 Å². The summed E-state index contributed by atoms with van der Waals surface area (Å²) in [4.78, 5) is 4.32. The van der Waals surface area contributed by atoms with Gasteiger partial charge in [0.05, 0.1) is 0 Å². The first-order chi connectivity index (χ1) is 8.82. The molecule has 1 aromatic carbocycles. The van der Waals surface area contributed by atoms with Gasteiger partial charge in [0.15, 0.2) is 5.82 Å². The number of aromatic nitrogens is 1. The topological polar surface area (TPSA) is 24.9 Å². The highest BCUT2D eigenvalue weighted by Crippen LogP contribution is 2.32. The number of hydrogen-bond acceptors (Lipinski definition) is 2. The van der Waals surface area contributed by atoms with Gasteiger partial charge in [-0.2, -0.15) is 0 Å². The third-order valence-electron chi connectivity index (χ3n) is 2.99. The van der Waals surface area contributed by atoms with Crippen molar-refractivity contribution >= 4 is 16.7 Å². The number of fused-ring (bicyclic) bond motifs is 1. The molecule has 1 aromatic heterocycles. The maximum absolute atomic E-state index is 13.8. The quantitative estimate of drug-likeness (QED) is 0.877. The minimum absolute atomic E-state index is 0.151. The molecule has 0 aliphatic carbocycles. The highest BCUT2D eigenvalue weighted by atomic mass is 19.1. The van der Waals surface area contributed by atoms with Crippen LogP contribution in [-0.2, 0) is 5.41 Å². The minimum Gasteiger partial charge on any atom is -0.370 e. The lowest BCUT2D eigenvalue weighted by Gasteiger charge is -2.23. The lowest BCUT2D eigenvalue weighted by Crippen LogP contribution is -2.16. The van der Waals surface area contributed by atoms with Gasteiger partial charge in [0.2, 0.25) is 0 Å². The predicted octanol–water partition coefficient (Wildman–Crippen LogP) is 4.24. The van der Waals surface area contributed by atoms with E-state index in [4.69, 9.17) is 0 Å². The van der Waals surface area contributed by atoms with Crippen LogP contribution in [0.5, 0.6) is 0 Å². The number of halogens is 2. The standard InChI is InChI=1S/C15H18F2N2/c1-5-18-14-11(15(2,3)4)7-9-6-10(16)8-12(17)13(9)19-14/h6-8H,5H2,1-4H3,(H,18,19). The number of nitrogens with zero attached hydrogens (tertiary/aromatic N) is 1. The molecule has 1 heterocycles. The molecule has 2 rings (SSSR count). The first-order valence-corrected chi connectivity index (χ1v) is 6.37. The summed E-state index contributed by atoms with van der Waals surface area (Å²) in [5, 5.41) is 3.64. The van der Waals surface area contributed by atoms with Gasteiger partial charge in [-0.3, -0.25) is 0 Å². The SMILES string of the molecule is CCNc1nc2c(F)cc(F)cc2cc1C(C)(C)C. The molecule has 19 heavy (non-hydrogen) atoms. The van der Waals surface area contributed by atoms with Gasteiger partial charge in [-0.25, -0.2) is 13.8 Å². The van der Waals surface area contributed by atoms with Crippen LogP contribution in [0, 0.1) is 11.6 Å². The van der Waals surface area contributed by atoms with Gasteiger partial charge < -0.3 is 5.32 Å². The molecule has 1 N–H and O–H groups in total. The van der Waals surface area contributed by atoms with Gasteiger partial charge in [-0.15, -0.1) is 0 Å². The van der Waals surface area contributed by atoms with E-state index in [9.17, 15) is 8.78 Å². The lowest BCUT2D eigenvalue weighted by atomic mass is 9.86. The summed E-state index contributed by atoms with van der Waals surface area (Å²) < 4.78 is 27.1. The molecule has 0 spiro atoms. The second kappa shape index (κ2) is 4.76. The van der Waals surface area contributed by atoms with Crippen molar-refractivity contribution in [3.63, 3.8) is 0 Å². The monoisotopic (exact) mass is 264 g/mol. The van der Waals surface area contributed by atoms with Crippen molar-refractivity contribution in [3.05, 3.63) is 35.4 Å². The normalized spacial score (nSPS) is 11.9. The second-order valence-corrected chi connectivity index (χ2v) is 5.62. The summed E-state index contributed by atoms with van der Waals surface area (Å²) >= 11 is 0. The highest BCUT2D eigenvalue weighted by molar-refractivity contribution is 5.82. The number of anilines is 1. The fourth-order valence-corrected chi connectivity index (χ4v) is 2.08. The highest BCUT2D eigenvalue weighted by Gasteiger charge is 2.21. The summed E-state index contributed by atoms with van der Waals surface area (Å²) in [5.74, 6) is -0.550. The number of benzene rings is 1. The number of pyridine rings is 1. The van der Waals surface area contributed by atoms with E-state index in [1.54, 1.807) is 0 Å². The molecular weight excluding hydrogens is 246 g/mol. The van der Waals surface area contributed by atoms with E-state index in [-0.39, 0.29) is 10.9 Å². The van der Waals surface area contributed by atoms with Crippen molar-refractivity contribution in [3.8, 4) is 0 Å². The zero-order valence-corrected chi connectivity index (χ0v) is 11.6. The third kappa shape index (κ3) is 2.67. The van der Waals surface area contributed by atoms with Crippen LogP contribution in [0.4, 0.5) is 14.6 Å². The Hall–Kier alpha value is -1.71.